The summed E-state index contributed by atoms with van der Waals surface area (Å²) in [5.74, 6) is -0.394. The van der Waals surface area contributed by atoms with Crippen LogP contribution in [-0.2, 0) is 9.53 Å². The average Bonchev–Trinajstić information content (AvgIpc) is 2.60. The summed E-state index contributed by atoms with van der Waals surface area (Å²) >= 11 is 0. The van der Waals surface area contributed by atoms with E-state index in [-0.39, 0.29) is 31.5 Å². The van der Waals surface area contributed by atoms with E-state index < -0.39 is 12.1 Å². The Kier molecular flexibility index (Phi) is 3.90. The third-order valence-corrected chi connectivity index (χ3v) is 2.64. The predicted octanol–water partition coefficient (Wildman–Crippen LogP) is -0.0897. The molecule has 6 nitrogen and oxygen atoms in total. The van der Waals surface area contributed by atoms with Gasteiger partial charge in [-0.3, -0.25) is 4.79 Å². The van der Waals surface area contributed by atoms with Crippen LogP contribution in [0.25, 0.3) is 0 Å². The highest BCUT2D eigenvalue weighted by Gasteiger charge is 2.35. The fraction of sp³-hybridized carbons (Fsp3) is 0.778. The number of hydrogen-bond acceptors (Lipinski definition) is 4. The van der Waals surface area contributed by atoms with Crippen LogP contribution in [-0.4, -0.2) is 53.5 Å². The number of carboxylic acid groups (broad SMARTS) is 1. The molecule has 1 aliphatic heterocycles. The van der Waals surface area contributed by atoms with Gasteiger partial charge in [0.25, 0.3) is 0 Å². The first kappa shape index (κ1) is 11.8. The molecule has 0 saturated carbocycles. The van der Waals surface area contributed by atoms with Gasteiger partial charge in [0, 0.05) is 6.54 Å². The molecular weight excluding hydrogens is 202 g/mol. The first-order chi connectivity index (χ1) is 7.08. The molecular formula is C9H15NO5. The average molecular weight is 217 g/mol. The topological polar surface area (TPSA) is 87.1 Å². The second-order valence-corrected chi connectivity index (χ2v) is 3.65. The molecule has 6 heteroatoms. The molecule has 0 unspecified atom stereocenters. The Hall–Kier alpha value is -1.30. The van der Waals surface area contributed by atoms with Gasteiger partial charge in [0.05, 0.1) is 26.2 Å². The van der Waals surface area contributed by atoms with E-state index in [1.165, 1.54) is 12.0 Å². The molecule has 0 aliphatic carbocycles. The first-order valence-electron chi connectivity index (χ1n) is 4.75. The molecule has 0 radical (unpaired) electrons. The normalized spacial score (nSPS) is 25.3. The second kappa shape index (κ2) is 4.97. The Labute approximate surface area is 87.4 Å². The van der Waals surface area contributed by atoms with Gasteiger partial charge in [-0.05, 0) is 12.3 Å². The highest BCUT2D eigenvalue weighted by Crippen LogP contribution is 2.25. The third kappa shape index (κ3) is 2.82. The second-order valence-electron chi connectivity index (χ2n) is 3.65. The lowest BCUT2D eigenvalue weighted by Crippen LogP contribution is -2.36. The number of nitrogens with zero attached hydrogens (tertiary/aromatic N) is 1. The van der Waals surface area contributed by atoms with Crippen molar-refractivity contribution in [1.29, 1.82) is 0 Å². The fourth-order valence-electron chi connectivity index (χ4n) is 1.89. The fourth-order valence-corrected chi connectivity index (χ4v) is 1.89. The third-order valence-electron chi connectivity index (χ3n) is 2.64. The van der Waals surface area contributed by atoms with Gasteiger partial charge < -0.3 is 19.8 Å². The summed E-state index contributed by atoms with van der Waals surface area (Å²) in [5.41, 5.74) is 0. The summed E-state index contributed by atoms with van der Waals surface area (Å²) in [6.07, 6.45) is -0.337. The number of carbonyl (C=O) groups excluding carboxylic acids is 1. The number of likely N-dealkylation sites (tertiary alicyclic amines) is 1. The van der Waals surface area contributed by atoms with Gasteiger partial charge in [-0.15, -0.1) is 0 Å². The van der Waals surface area contributed by atoms with Crippen molar-refractivity contribution in [3.05, 3.63) is 0 Å². The van der Waals surface area contributed by atoms with Crippen molar-refractivity contribution in [3.63, 3.8) is 0 Å². The van der Waals surface area contributed by atoms with E-state index in [9.17, 15) is 9.59 Å². The zero-order valence-electron chi connectivity index (χ0n) is 8.55. The predicted molar refractivity (Wildman–Crippen MR) is 50.3 cm³/mol. The summed E-state index contributed by atoms with van der Waals surface area (Å²) in [6, 6.07) is -0.392. The number of methoxy groups -OCH3 is 1. The molecule has 0 aromatic rings. The van der Waals surface area contributed by atoms with Crippen LogP contribution in [0.5, 0.6) is 0 Å². The number of amides is 1. The van der Waals surface area contributed by atoms with Gasteiger partial charge in [-0.25, -0.2) is 4.79 Å². The molecule has 1 rings (SSSR count). The molecule has 2 atom stereocenters. The molecule has 2 N–H and O–H groups in total. The quantitative estimate of drug-likeness (QED) is 0.645. The van der Waals surface area contributed by atoms with E-state index >= 15 is 0 Å². The van der Waals surface area contributed by atoms with E-state index in [1.54, 1.807) is 0 Å². The largest absolute Gasteiger partial charge is 0.469 e. The van der Waals surface area contributed by atoms with Gasteiger partial charge in [-0.2, -0.15) is 0 Å². The van der Waals surface area contributed by atoms with Crippen molar-refractivity contribution in [1.82, 2.24) is 4.90 Å². The Morgan fingerprint density at radius 2 is 2.20 bits per heavy atom. The van der Waals surface area contributed by atoms with Crippen LogP contribution < -0.4 is 0 Å². The maximum Gasteiger partial charge on any atom is 0.407 e. The lowest BCUT2D eigenvalue weighted by molar-refractivity contribution is -0.141. The van der Waals surface area contributed by atoms with Gasteiger partial charge in [0.15, 0.2) is 0 Å². The van der Waals surface area contributed by atoms with Gasteiger partial charge >= 0.3 is 12.1 Å². The minimum absolute atomic E-state index is 0.0503. The number of esters is 1. The molecule has 0 aromatic carbocycles. The SMILES string of the molecule is COC(=O)C[C@H]1C[C@@H](CO)N(C(=O)O)C1. The van der Waals surface area contributed by atoms with Crippen molar-refractivity contribution in [2.24, 2.45) is 5.92 Å². The van der Waals surface area contributed by atoms with E-state index in [2.05, 4.69) is 4.74 Å². The number of ether oxygens (including phenoxy) is 1. The summed E-state index contributed by atoms with van der Waals surface area (Å²) in [5, 5.41) is 17.8. The van der Waals surface area contributed by atoms with Gasteiger partial charge in [0.2, 0.25) is 0 Å². The monoisotopic (exact) mass is 217 g/mol. The molecule has 0 spiro atoms. The standard InChI is InChI=1S/C9H15NO5/c1-15-8(12)3-6-2-7(5-11)10(4-6)9(13)14/h6-7,11H,2-5H2,1H3,(H,13,14)/t6-,7+/m1/s1. The number of hydrogen-bond donors (Lipinski definition) is 2. The van der Waals surface area contributed by atoms with Crippen molar-refractivity contribution in [2.45, 2.75) is 18.9 Å². The van der Waals surface area contributed by atoms with Gasteiger partial charge in [-0.1, -0.05) is 0 Å². The Morgan fingerprint density at radius 1 is 1.53 bits per heavy atom. The van der Waals surface area contributed by atoms with Crippen LogP contribution in [0.1, 0.15) is 12.8 Å². The Morgan fingerprint density at radius 3 is 2.60 bits per heavy atom. The van der Waals surface area contributed by atoms with Crippen LogP contribution in [0, 0.1) is 5.92 Å². The molecule has 0 bridgehead atoms. The van der Waals surface area contributed by atoms with Crippen LogP contribution in [0.2, 0.25) is 0 Å². The first-order valence-corrected chi connectivity index (χ1v) is 4.75. The molecule has 86 valence electrons. The highest BCUT2D eigenvalue weighted by atomic mass is 16.5. The number of rotatable bonds is 3. The lowest BCUT2D eigenvalue weighted by atomic mass is 10.0. The van der Waals surface area contributed by atoms with Crippen molar-refractivity contribution >= 4 is 12.1 Å². The van der Waals surface area contributed by atoms with Crippen LogP contribution in [0.15, 0.2) is 0 Å². The molecule has 1 amide bonds. The van der Waals surface area contributed by atoms with Crippen LogP contribution in [0.3, 0.4) is 0 Å². The summed E-state index contributed by atoms with van der Waals surface area (Å²) in [4.78, 5) is 22.9. The maximum atomic E-state index is 11.0. The van der Waals surface area contributed by atoms with Crippen molar-refractivity contribution < 1.29 is 24.5 Å². The number of carbonyl (C=O) groups is 2. The zero-order chi connectivity index (χ0) is 11.4. The Balaban J connectivity index is 2.53. The van der Waals surface area contributed by atoms with E-state index in [0.29, 0.717) is 6.42 Å². The smallest absolute Gasteiger partial charge is 0.407 e. The molecule has 1 fully saturated rings. The van der Waals surface area contributed by atoms with E-state index in [0.717, 1.165) is 0 Å². The van der Waals surface area contributed by atoms with E-state index in [1.807, 2.05) is 0 Å². The summed E-state index contributed by atoms with van der Waals surface area (Å²) < 4.78 is 4.51. The Bertz CT molecular complexity index is 255. The molecule has 15 heavy (non-hydrogen) atoms. The van der Waals surface area contributed by atoms with Crippen LogP contribution in [0.4, 0.5) is 4.79 Å². The van der Waals surface area contributed by atoms with Crippen molar-refractivity contribution in [2.75, 3.05) is 20.3 Å². The van der Waals surface area contributed by atoms with E-state index in [4.69, 9.17) is 10.2 Å². The van der Waals surface area contributed by atoms with Crippen LogP contribution >= 0.6 is 0 Å². The summed E-state index contributed by atoms with van der Waals surface area (Å²) in [7, 11) is 1.30. The number of aliphatic hydroxyl groups is 1. The van der Waals surface area contributed by atoms with Crippen molar-refractivity contribution in [3.8, 4) is 0 Å². The minimum atomic E-state index is -1.05. The maximum absolute atomic E-state index is 11.0. The molecule has 0 aromatic heterocycles. The zero-order valence-corrected chi connectivity index (χ0v) is 8.55. The molecule has 1 saturated heterocycles. The highest BCUT2D eigenvalue weighted by molar-refractivity contribution is 5.70. The molecule has 1 heterocycles. The lowest BCUT2D eigenvalue weighted by Gasteiger charge is -2.18. The summed E-state index contributed by atoms with van der Waals surface area (Å²) in [6.45, 7) is 0.0830. The number of aliphatic hydroxyl groups excluding tert-OH is 1. The van der Waals surface area contributed by atoms with Gasteiger partial charge in [0.1, 0.15) is 0 Å². The molecule has 1 aliphatic rings. The minimum Gasteiger partial charge on any atom is -0.469 e.